The number of carboxylic acid groups (broad SMARTS) is 1. The van der Waals surface area contributed by atoms with Crippen molar-refractivity contribution in [2.45, 2.75) is 12.8 Å². The van der Waals surface area contributed by atoms with Gasteiger partial charge in [0.25, 0.3) is 0 Å². The lowest BCUT2D eigenvalue weighted by molar-refractivity contribution is -0.138. The Kier molecular flexibility index (Phi) is 4.25. The van der Waals surface area contributed by atoms with Crippen LogP contribution in [0.4, 0.5) is 11.4 Å². The predicted molar refractivity (Wildman–Crippen MR) is 78.8 cm³/mol. The number of anilines is 2. The lowest BCUT2D eigenvalue weighted by Gasteiger charge is -2.13. The third kappa shape index (κ3) is 3.09. The van der Waals surface area contributed by atoms with Crippen LogP contribution in [0, 0.1) is 0 Å². The van der Waals surface area contributed by atoms with Crippen LogP contribution in [0.3, 0.4) is 0 Å². The van der Waals surface area contributed by atoms with Gasteiger partial charge in [0.15, 0.2) is 0 Å². The molecule has 0 saturated heterocycles. The van der Waals surface area contributed by atoms with Gasteiger partial charge < -0.3 is 15.2 Å². The summed E-state index contributed by atoms with van der Waals surface area (Å²) in [6.07, 6.45) is 0. The fourth-order valence-corrected chi connectivity index (χ4v) is 1.93. The molecular formula is C16H17NO3. The second-order valence-electron chi connectivity index (χ2n) is 4.51. The second-order valence-corrected chi connectivity index (χ2v) is 4.51. The van der Waals surface area contributed by atoms with Crippen LogP contribution in [0.2, 0.25) is 0 Å². The van der Waals surface area contributed by atoms with E-state index in [1.54, 1.807) is 14.0 Å². The summed E-state index contributed by atoms with van der Waals surface area (Å²) in [5, 5.41) is 12.3. The molecule has 2 aromatic rings. The summed E-state index contributed by atoms with van der Waals surface area (Å²) < 4.78 is 5.28. The summed E-state index contributed by atoms with van der Waals surface area (Å²) in [4.78, 5) is 11.0. The number of benzene rings is 2. The van der Waals surface area contributed by atoms with Gasteiger partial charge in [-0.2, -0.15) is 0 Å². The van der Waals surface area contributed by atoms with Gasteiger partial charge in [-0.15, -0.1) is 0 Å². The lowest BCUT2D eigenvalue weighted by atomic mass is 10.0. The summed E-state index contributed by atoms with van der Waals surface area (Å²) >= 11 is 0. The van der Waals surface area contributed by atoms with Gasteiger partial charge in [0.1, 0.15) is 5.75 Å². The zero-order valence-corrected chi connectivity index (χ0v) is 11.5. The molecule has 0 aliphatic rings. The van der Waals surface area contributed by atoms with Crippen molar-refractivity contribution in [2.24, 2.45) is 0 Å². The smallest absolute Gasteiger partial charge is 0.310 e. The van der Waals surface area contributed by atoms with Gasteiger partial charge in [-0.3, -0.25) is 4.79 Å². The van der Waals surface area contributed by atoms with E-state index in [9.17, 15) is 4.79 Å². The van der Waals surface area contributed by atoms with E-state index in [0.717, 1.165) is 22.7 Å². The quantitative estimate of drug-likeness (QED) is 0.872. The molecule has 1 atom stereocenters. The van der Waals surface area contributed by atoms with E-state index in [0.29, 0.717) is 0 Å². The summed E-state index contributed by atoms with van der Waals surface area (Å²) in [6.45, 7) is 1.67. The molecule has 0 aliphatic heterocycles. The Morgan fingerprint density at radius 2 is 1.95 bits per heavy atom. The molecule has 0 spiro atoms. The number of para-hydroxylation sites is 2. The van der Waals surface area contributed by atoms with Gasteiger partial charge in [0.05, 0.1) is 18.7 Å². The Morgan fingerprint density at radius 3 is 2.65 bits per heavy atom. The zero-order valence-electron chi connectivity index (χ0n) is 11.5. The molecule has 20 heavy (non-hydrogen) atoms. The first-order valence-electron chi connectivity index (χ1n) is 6.34. The first kappa shape index (κ1) is 13.9. The molecule has 0 heterocycles. The highest BCUT2D eigenvalue weighted by atomic mass is 16.5. The van der Waals surface area contributed by atoms with E-state index in [1.165, 1.54) is 0 Å². The molecule has 2 N–H and O–H groups in total. The molecule has 4 heteroatoms. The number of carboxylic acids is 1. The number of methoxy groups -OCH3 is 1. The molecule has 2 rings (SSSR count). The zero-order chi connectivity index (χ0) is 14.5. The minimum Gasteiger partial charge on any atom is -0.495 e. The van der Waals surface area contributed by atoms with Crippen LogP contribution in [0.15, 0.2) is 48.5 Å². The topological polar surface area (TPSA) is 58.6 Å². The number of aliphatic carboxylic acids is 1. The maximum atomic E-state index is 11.0. The number of hydrogen-bond acceptors (Lipinski definition) is 3. The molecule has 0 amide bonds. The fraction of sp³-hybridized carbons (Fsp3) is 0.188. The Bertz CT molecular complexity index is 610. The average Bonchev–Trinajstić information content (AvgIpc) is 2.47. The van der Waals surface area contributed by atoms with E-state index in [1.807, 2.05) is 48.5 Å². The Balaban J connectivity index is 2.26. The maximum absolute atomic E-state index is 11.0. The standard InChI is InChI=1S/C16H17NO3/c1-11(16(18)19)12-6-5-7-13(10-12)17-14-8-3-4-9-15(14)20-2/h3-11,17H,1-2H3,(H,18,19)/t11-/m1/s1. The van der Waals surface area contributed by atoms with Crippen LogP contribution in [-0.2, 0) is 4.79 Å². The van der Waals surface area contributed by atoms with Crippen molar-refractivity contribution in [2.75, 3.05) is 12.4 Å². The van der Waals surface area contributed by atoms with Gasteiger partial charge in [0.2, 0.25) is 0 Å². The minimum absolute atomic E-state index is 0.533. The maximum Gasteiger partial charge on any atom is 0.310 e. The first-order chi connectivity index (χ1) is 9.61. The van der Waals surface area contributed by atoms with Crippen molar-refractivity contribution in [1.82, 2.24) is 0 Å². The van der Waals surface area contributed by atoms with Crippen LogP contribution in [0.25, 0.3) is 0 Å². The Morgan fingerprint density at radius 1 is 1.20 bits per heavy atom. The van der Waals surface area contributed by atoms with Gasteiger partial charge in [0, 0.05) is 5.69 Å². The van der Waals surface area contributed by atoms with E-state index < -0.39 is 11.9 Å². The summed E-state index contributed by atoms with van der Waals surface area (Å²) in [7, 11) is 1.61. The molecule has 0 aliphatic carbocycles. The Labute approximate surface area is 118 Å². The molecular weight excluding hydrogens is 254 g/mol. The summed E-state index contributed by atoms with van der Waals surface area (Å²) in [6, 6.07) is 15.0. The lowest BCUT2D eigenvalue weighted by Crippen LogP contribution is -2.07. The monoisotopic (exact) mass is 271 g/mol. The molecule has 0 aromatic heterocycles. The van der Waals surface area contributed by atoms with Gasteiger partial charge >= 0.3 is 5.97 Å². The van der Waals surface area contributed by atoms with Crippen molar-refractivity contribution in [1.29, 1.82) is 0 Å². The third-order valence-electron chi connectivity index (χ3n) is 3.14. The van der Waals surface area contributed by atoms with Crippen molar-refractivity contribution in [3.05, 3.63) is 54.1 Å². The SMILES string of the molecule is COc1ccccc1Nc1cccc([C@@H](C)C(=O)O)c1. The largest absolute Gasteiger partial charge is 0.495 e. The summed E-state index contributed by atoms with van der Waals surface area (Å²) in [5.74, 6) is -0.627. The molecule has 0 radical (unpaired) electrons. The molecule has 104 valence electrons. The van der Waals surface area contributed by atoms with Crippen LogP contribution in [0.1, 0.15) is 18.4 Å². The molecule has 0 saturated carbocycles. The number of carbonyl (C=O) groups is 1. The average molecular weight is 271 g/mol. The summed E-state index contributed by atoms with van der Waals surface area (Å²) in [5.41, 5.74) is 2.44. The van der Waals surface area contributed by atoms with Gasteiger partial charge in [-0.1, -0.05) is 24.3 Å². The third-order valence-corrected chi connectivity index (χ3v) is 3.14. The minimum atomic E-state index is -0.834. The highest BCUT2D eigenvalue weighted by molar-refractivity contribution is 5.76. The highest BCUT2D eigenvalue weighted by Gasteiger charge is 2.13. The van der Waals surface area contributed by atoms with Crippen LogP contribution in [-0.4, -0.2) is 18.2 Å². The normalized spacial score (nSPS) is 11.7. The van der Waals surface area contributed by atoms with Crippen molar-refractivity contribution < 1.29 is 14.6 Å². The molecule has 0 bridgehead atoms. The van der Waals surface area contributed by atoms with Crippen molar-refractivity contribution in [3.63, 3.8) is 0 Å². The Hall–Kier alpha value is -2.49. The van der Waals surface area contributed by atoms with Crippen molar-refractivity contribution >= 4 is 17.3 Å². The number of nitrogens with one attached hydrogen (secondary N) is 1. The van der Waals surface area contributed by atoms with E-state index >= 15 is 0 Å². The molecule has 2 aromatic carbocycles. The number of hydrogen-bond donors (Lipinski definition) is 2. The molecule has 0 unspecified atom stereocenters. The van der Waals surface area contributed by atoms with Gasteiger partial charge in [-0.05, 0) is 36.8 Å². The van der Waals surface area contributed by atoms with Crippen LogP contribution in [0.5, 0.6) is 5.75 Å². The second kappa shape index (κ2) is 6.10. The molecule has 4 nitrogen and oxygen atoms in total. The van der Waals surface area contributed by atoms with E-state index in [4.69, 9.17) is 9.84 Å². The number of rotatable bonds is 5. The van der Waals surface area contributed by atoms with E-state index in [-0.39, 0.29) is 0 Å². The molecule has 0 fully saturated rings. The van der Waals surface area contributed by atoms with Crippen LogP contribution >= 0.6 is 0 Å². The van der Waals surface area contributed by atoms with Gasteiger partial charge in [-0.25, -0.2) is 0 Å². The van der Waals surface area contributed by atoms with E-state index in [2.05, 4.69) is 5.32 Å². The van der Waals surface area contributed by atoms with Crippen molar-refractivity contribution in [3.8, 4) is 5.75 Å². The van der Waals surface area contributed by atoms with Crippen LogP contribution < -0.4 is 10.1 Å². The predicted octanol–water partition coefficient (Wildman–Crippen LogP) is 3.63. The first-order valence-corrected chi connectivity index (χ1v) is 6.34. The number of ether oxygens (including phenoxy) is 1. The highest BCUT2D eigenvalue weighted by Crippen LogP contribution is 2.28. The fourth-order valence-electron chi connectivity index (χ4n) is 1.93.